The molecule has 0 N–H and O–H groups in total. The van der Waals surface area contributed by atoms with Gasteiger partial charge in [-0.2, -0.15) is 0 Å². The van der Waals surface area contributed by atoms with Crippen LogP contribution in [0.25, 0.3) is 0 Å². The van der Waals surface area contributed by atoms with Crippen LogP contribution in [0.2, 0.25) is 13.1 Å². The van der Waals surface area contributed by atoms with Crippen molar-refractivity contribution in [3.63, 3.8) is 0 Å². The van der Waals surface area contributed by atoms with Crippen LogP contribution >= 0.6 is 0 Å². The van der Waals surface area contributed by atoms with Crippen LogP contribution in [0.15, 0.2) is 12.2 Å². The first-order valence-electron chi connectivity index (χ1n) is 11.7. The van der Waals surface area contributed by atoms with Crippen LogP contribution in [0.5, 0.6) is 5.75 Å². The number of rotatable bonds is 8. The lowest BCUT2D eigenvalue weighted by Crippen LogP contribution is -2.24. The zero-order valence-corrected chi connectivity index (χ0v) is 22.6. The molecule has 0 spiro atoms. The lowest BCUT2D eigenvalue weighted by molar-refractivity contribution is -0.148. The number of esters is 2. The molecule has 1 aromatic carbocycles. The number of methoxy groups -OCH3 is 2. The summed E-state index contributed by atoms with van der Waals surface area (Å²) in [6, 6.07) is 0. The van der Waals surface area contributed by atoms with Gasteiger partial charge in [0.1, 0.15) is 5.75 Å². The van der Waals surface area contributed by atoms with E-state index in [-0.39, 0.29) is 23.3 Å². The average Bonchev–Trinajstić information content (AvgIpc) is 3.47. The first kappa shape index (κ1) is 25.5. The minimum atomic E-state index is -1.44. The Morgan fingerprint density at radius 1 is 1.27 bits per heavy atom. The fourth-order valence-electron chi connectivity index (χ4n) is 5.06. The monoisotopic (exact) mass is 474 g/mol. The average molecular weight is 475 g/mol. The van der Waals surface area contributed by atoms with Crippen LogP contribution in [-0.4, -0.2) is 35.2 Å². The van der Waals surface area contributed by atoms with Gasteiger partial charge in [-0.05, 0) is 56.2 Å². The molecule has 3 rings (SSSR count). The maximum atomic E-state index is 13.1. The van der Waals surface area contributed by atoms with Gasteiger partial charge >= 0.3 is 11.9 Å². The highest BCUT2D eigenvalue weighted by Crippen LogP contribution is 2.53. The summed E-state index contributed by atoms with van der Waals surface area (Å²) in [5, 5.41) is 0. The van der Waals surface area contributed by atoms with Crippen molar-refractivity contribution in [2.75, 3.05) is 14.2 Å². The molecular weight excluding hydrogens is 436 g/mol. The number of cyclic esters (lactones) is 1. The quantitative estimate of drug-likeness (QED) is 0.294. The first-order chi connectivity index (χ1) is 15.4. The molecule has 0 amide bonds. The normalized spacial score (nSPS) is 20.1. The second-order valence-electron chi connectivity index (χ2n) is 10.5. The Bertz CT molecular complexity index is 968. The van der Waals surface area contributed by atoms with Gasteiger partial charge in [0.25, 0.3) is 0 Å². The molecule has 0 aromatic heterocycles. The molecule has 1 aliphatic heterocycles. The molecule has 1 aliphatic carbocycles. The summed E-state index contributed by atoms with van der Waals surface area (Å²) in [5.41, 5.74) is 3.50. The minimum Gasteiger partial charge on any atom is -0.496 e. The highest BCUT2D eigenvalue weighted by Gasteiger charge is 2.54. The third kappa shape index (κ3) is 4.62. The number of benzene rings is 1. The lowest BCUT2D eigenvalue weighted by atomic mass is 9.76. The Labute approximate surface area is 199 Å². The molecule has 2 aliphatic rings. The van der Waals surface area contributed by atoms with Gasteiger partial charge in [-0.15, -0.1) is 0 Å². The molecule has 0 radical (unpaired) electrons. The van der Waals surface area contributed by atoms with Crippen molar-refractivity contribution in [3.8, 4) is 5.75 Å². The molecule has 2 atom stereocenters. The van der Waals surface area contributed by atoms with Crippen molar-refractivity contribution >= 4 is 21.0 Å². The molecule has 1 heterocycles. The number of carbonyl (C=O) groups is 2. The lowest BCUT2D eigenvalue weighted by Gasteiger charge is -2.28. The second kappa shape index (κ2) is 9.26. The van der Waals surface area contributed by atoms with E-state index in [1.54, 1.807) is 7.11 Å². The van der Waals surface area contributed by atoms with E-state index >= 15 is 0 Å². The van der Waals surface area contributed by atoms with Gasteiger partial charge < -0.3 is 18.6 Å². The predicted octanol–water partition coefficient (Wildman–Crippen LogP) is 5.16. The topological polar surface area (TPSA) is 71.1 Å². The van der Waals surface area contributed by atoms with Gasteiger partial charge in [0.2, 0.25) is 6.29 Å². The van der Waals surface area contributed by atoms with Gasteiger partial charge in [-0.3, -0.25) is 4.79 Å². The molecule has 0 bridgehead atoms. The number of carbonyl (C=O) groups excluding carboxylic acids is 2. The van der Waals surface area contributed by atoms with Crippen molar-refractivity contribution in [2.45, 2.75) is 78.7 Å². The van der Waals surface area contributed by atoms with Crippen LogP contribution in [0, 0.1) is 18.3 Å². The van der Waals surface area contributed by atoms with E-state index in [0.29, 0.717) is 12.0 Å². The molecule has 182 valence electrons. The Morgan fingerprint density at radius 3 is 2.39 bits per heavy atom. The summed E-state index contributed by atoms with van der Waals surface area (Å²) in [4.78, 5) is 25.3. The zero-order valence-electron chi connectivity index (χ0n) is 21.5. The number of hydrogen-bond acceptors (Lipinski definition) is 6. The van der Waals surface area contributed by atoms with Crippen LogP contribution in [0.3, 0.4) is 0 Å². The molecule has 1 saturated carbocycles. The van der Waals surface area contributed by atoms with E-state index in [0.717, 1.165) is 40.8 Å². The van der Waals surface area contributed by atoms with Crippen molar-refractivity contribution < 1.29 is 28.2 Å². The molecule has 0 saturated heterocycles. The Morgan fingerprint density at radius 2 is 1.91 bits per heavy atom. The van der Waals surface area contributed by atoms with Crippen molar-refractivity contribution in [1.82, 2.24) is 0 Å². The third-order valence-corrected chi connectivity index (χ3v) is 7.63. The summed E-state index contributed by atoms with van der Waals surface area (Å²) in [6.45, 7) is 14.4. The fraction of sp³-hybridized carbons (Fsp3) is 0.615. The van der Waals surface area contributed by atoms with Crippen LogP contribution < -0.4 is 4.74 Å². The van der Waals surface area contributed by atoms with Gasteiger partial charge in [0.05, 0.1) is 25.2 Å². The third-order valence-electron chi connectivity index (χ3n) is 6.84. The minimum absolute atomic E-state index is 0.0725. The Balaban J connectivity index is 2.07. The summed E-state index contributed by atoms with van der Waals surface area (Å²) in [5.74, 6) is 0.371. The summed E-state index contributed by atoms with van der Waals surface area (Å²) in [7, 11) is 1.67. The largest absolute Gasteiger partial charge is 0.496 e. The van der Waals surface area contributed by atoms with Gasteiger partial charge in [-0.25, -0.2) is 4.79 Å². The predicted molar refractivity (Wildman–Crippen MR) is 130 cm³/mol. The van der Waals surface area contributed by atoms with E-state index < -0.39 is 20.7 Å². The van der Waals surface area contributed by atoms with Crippen LogP contribution in [-0.2, 0) is 30.5 Å². The summed E-state index contributed by atoms with van der Waals surface area (Å²) < 4.78 is 22.7. The maximum Gasteiger partial charge on any atom is 0.341 e. The first-order valence-corrected chi connectivity index (χ1v) is 14.5. The summed E-state index contributed by atoms with van der Waals surface area (Å²) in [6.07, 6.45) is 5.80. The SMILES string of the molecule is COC(=O)C1(C(C)C=CCc2c(OC)c(C)c3c(c2C(C)(C)C)C(=O)OC3O[SiH](C)C)CC1. The van der Waals surface area contributed by atoms with E-state index in [2.05, 4.69) is 52.9 Å². The van der Waals surface area contributed by atoms with E-state index in [4.69, 9.17) is 18.6 Å². The number of hydrogen-bond donors (Lipinski definition) is 0. The molecule has 1 fully saturated rings. The van der Waals surface area contributed by atoms with Gasteiger partial charge in [-0.1, -0.05) is 39.8 Å². The highest BCUT2D eigenvalue weighted by molar-refractivity contribution is 6.48. The zero-order chi connectivity index (χ0) is 24.7. The molecule has 6 nitrogen and oxygen atoms in total. The second-order valence-corrected chi connectivity index (χ2v) is 12.9. The number of ether oxygens (including phenoxy) is 3. The standard InChI is InChI=1S/C26H38O6Si/c1-15(26(13-14-26)24(28)30-7)11-10-12-17-20(25(3,4)5)19-18(16(2)21(17)29-6)23(31-22(19)27)32-33(8)9/h10-11,15,23,33H,12-14H2,1-9H3. The van der Waals surface area contributed by atoms with Crippen molar-refractivity contribution in [3.05, 3.63) is 40.0 Å². The maximum absolute atomic E-state index is 13.1. The highest BCUT2D eigenvalue weighted by atomic mass is 28.3. The van der Waals surface area contributed by atoms with E-state index in [9.17, 15) is 9.59 Å². The molecule has 33 heavy (non-hydrogen) atoms. The molecule has 7 heteroatoms. The van der Waals surface area contributed by atoms with Crippen LogP contribution in [0.4, 0.5) is 0 Å². The Kier molecular flexibility index (Phi) is 7.15. The smallest absolute Gasteiger partial charge is 0.341 e. The fourth-order valence-corrected chi connectivity index (χ4v) is 5.74. The summed E-state index contributed by atoms with van der Waals surface area (Å²) >= 11 is 0. The molecule has 1 aromatic rings. The van der Waals surface area contributed by atoms with Crippen LogP contribution in [0.1, 0.15) is 79.4 Å². The number of allylic oxidation sites excluding steroid dienone is 2. The molecule has 2 unspecified atom stereocenters. The van der Waals surface area contributed by atoms with Gasteiger partial charge in [0, 0.05) is 16.7 Å². The van der Waals surface area contributed by atoms with Gasteiger partial charge in [0.15, 0.2) is 9.04 Å². The Hall–Kier alpha value is -2.12. The van der Waals surface area contributed by atoms with E-state index in [1.165, 1.54) is 7.11 Å². The number of fused-ring (bicyclic) bond motifs is 1. The van der Waals surface area contributed by atoms with Crippen molar-refractivity contribution in [1.29, 1.82) is 0 Å². The van der Waals surface area contributed by atoms with Crippen molar-refractivity contribution in [2.24, 2.45) is 11.3 Å². The molecular formula is C26H38O6Si. The van der Waals surface area contributed by atoms with E-state index in [1.807, 2.05) is 6.92 Å².